The van der Waals surface area contributed by atoms with E-state index in [9.17, 15) is 0 Å². The molecule has 2 saturated heterocycles. The van der Waals surface area contributed by atoms with Gasteiger partial charge in [-0.05, 0) is 44.5 Å². The van der Waals surface area contributed by atoms with Gasteiger partial charge >= 0.3 is 0 Å². The summed E-state index contributed by atoms with van der Waals surface area (Å²) in [5.74, 6) is 0. The van der Waals surface area contributed by atoms with Gasteiger partial charge in [0.25, 0.3) is 0 Å². The summed E-state index contributed by atoms with van der Waals surface area (Å²) in [6.45, 7) is 4.71. The molecule has 1 aromatic rings. The van der Waals surface area contributed by atoms with Crippen LogP contribution in [0.5, 0.6) is 0 Å². The van der Waals surface area contributed by atoms with Crippen molar-refractivity contribution in [2.75, 3.05) is 31.1 Å². The molecule has 0 spiro atoms. The Balaban J connectivity index is 1.66. The van der Waals surface area contributed by atoms with Gasteiger partial charge in [0.15, 0.2) is 0 Å². The van der Waals surface area contributed by atoms with Crippen LogP contribution in [0.2, 0.25) is 0 Å². The van der Waals surface area contributed by atoms with Gasteiger partial charge in [-0.3, -0.25) is 4.90 Å². The SMILES string of the molecule is N#Cc1cc(N2CCC(N3CCCCC3)C2)ccn1. The van der Waals surface area contributed by atoms with E-state index >= 15 is 0 Å². The topological polar surface area (TPSA) is 43.2 Å². The van der Waals surface area contributed by atoms with Gasteiger partial charge in [0.1, 0.15) is 11.8 Å². The number of hydrogen-bond acceptors (Lipinski definition) is 4. The van der Waals surface area contributed by atoms with Gasteiger partial charge in [-0.1, -0.05) is 6.42 Å². The summed E-state index contributed by atoms with van der Waals surface area (Å²) in [5.41, 5.74) is 1.66. The molecular formula is C15H20N4. The van der Waals surface area contributed by atoms with Crippen molar-refractivity contribution in [3.63, 3.8) is 0 Å². The van der Waals surface area contributed by atoms with E-state index in [0.717, 1.165) is 18.8 Å². The normalized spacial score (nSPS) is 24.4. The number of nitriles is 1. The fourth-order valence-electron chi connectivity index (χ4n) is 3.24. The highest BCUT2D eigenvalue weighted by molar-refractivity contribution is 5.49. The Morgan fingerprint density at radius 2 is 2.05 bits per heavy atom. The summed E-state index contributed by atoms with van der Waals surface area (Å²) in [6, 6.07) is 6.73. The molecule has 0 N–H and O–H groups in total. The van der Waals surface area contributed by atoms with Crippen LogP contribution in [0.25, 0.3) is 0 Å². The first kappa shape index (κ1) is 12.4. The Bertz CT molecular complexity index is 473. The zero-order valence-corrected chi connectivity index (χ0v) is 11.3. The van der Waals surface area contributed by atoms with Crippen LogP contribution in [0.15, 0.2) is 18.3 Å². The second kappa shape index (κ2) is 5.58. The maximum Gasteiger partial charge on any atom is 0.142 e. The molecule has 3 heterocycles. The van der Waals surface area contributed by atoms with Crippen LogP contribution in [0.4, 0.5) is 5.69 Å². The van der Waals surface area contributed by atoms with E-state index in [4.69, 9.17) is 5.26 Å². The van der Waals surface area contributed by atoms with Gasteiger partial charge in [-0.15, -0.1) is 0 Å². The largest absolute Gasteiger partial charge is 0.370 e. The van der Waals surface area contributed by atoms with Crippen LogP contribution in [0, 0.1) is 11.3 Å². The molecular weight excluding hydrogens is 236 g/mol. The lowest BCUT2D eigenvalue weighted by Crippen LogP contribution is -2.40. The second-order valence-electron chi connectivity index (χ2n) is 5.50. The van der Waals surface area contributed by atoms with E-state index in [-0.39, 0.29) is 0 Å². The minimum absolute atomic E-state index is 0.513. The van der Waals surface area contributed by atoms with Crippen molar-refractivity contribution in [3.8, 4) is 6.07 Å². The highest BCUT2D eigenvalue weighted by atomic mass is 15.3. The summed E-state index contributed by atoms with van der Waals surface area (Å²) in [4.78, 5) is 9.08. The van der Waals surface area contributed by atoms with Crippen molar-refractivity contribution in [1.29, 1.82) is 5.26 Å². The quantitative estimate of drug-likeness (QED) is 0.812. The molecule has 0 aromatic carbocycles. The second-order valence-corrected chi connectivity index (χ2v) is 5.50. The predicted molar refractivity (Wildman–Crippen MR) is 75.0 cm³/mol. The molecule has 0 aliphatic carbocycles. The molecule has 2 fully saturated rings. The first-order valence-corrected chi connectivity index (χ1v) is 7.22. The summed E-state index contributed by atoms with van der Waals surface area (Å²) >= 11 is 0. The molecule has 2 aliphatic rings. The van der Waals surface area contributed by atoms with Crippen LogP contribution in [0.1, 0.15) is 31.4 Å². The Morgan fingerprint density at radius 1 is 1.21 bits per heavy atom. The van der Waals surface area contributed by atoms with Gasteiger partial charge in [-0.25, -0.2) is 4.98 Å². The average molecular weight is 256 g/mol. The molecule has 19 heavy (non-hydrogen) atoms. The maximum atomic E-state index is 8.92. The monoisotopic (exact) mass is 256 g/mol. The van der Waals surface area contributed by atoms with Crippen molar-refractivity contribution >= 4 is 5.69 Å². The molecule has 1 aromatic heterocycles. The molecule has 100 valence electrons. The predicted octanol–water partition coefficient (Wildman–Crippen LogP) is 2.02. The third-order valence-electron chi connectivity index (χ3n) is 4.29. The lowest BCUT2D eigenvalue weighted by atomic mass is 10.1. The van der Waals surface area contributed by atoms with E-state index in [0.29, 0.717) is 11.7 Å². The average Bonchev–Trinajstić information content (AvgIpc) is 2.98. The molecule has 4 nitrogen and oxygen atoms in total. The molecule has 2 aliphatic heterocycles. The standard InChI is InChI=1S/C15H20N4/c16-11-13-10-14(4-6-17-13)19-9-5-15(12-19)18-7-2-1-3-8-18/h4,6,10,15H,1-3,5,7-9,12H2. The van der Waals surface area contributed by atoms with E-state index in [1.54, 1.807) is 6.20 Å². The summed E-state index contributed by atoms with van der Waals surface area (Å²) in [7, 11) is 0. The van der Waals surface area contributed by atoms with Crippen LogP contribution < -0.4 is 4.90 Å². The fourth-order valence-corrected chi connectivity index (χ4v) is 3.24. The molecule has 4 heteroatoms. The van der Waals surface area contributed by atoms with E-state index in [1.165, 1.54) is 38.8 Å². The Labute approximate surface area is 114 Å². The van der Waals surface area contributed by atoms with E-state index < -0.39 is 0 Å². The van der Waals surface area contributed by atoms with Crippen LogP contribution in [-0.2, 0) is 0 Å². The number of aromatic nitrogens is 1. The number of nitrogens with zero attached hydrogens (tertiary/aromatic N) is 4. The highest BCUT2D eigenvalue weighted by Gasteiger charge is 2.28. The Kier molecular flexibility index (Phi) is 3.65. The molecule has 1 atom stereocenters. The molecule has 0 bridgehead atoms. The molecule has 0 radical (unpaired) electrons. The summed E-state index contributed by atoms with van der Waals surface area (Å²) < 4.78 is 0. The number of anilines is 1. The number of pyridine rings is 1. The van der Waals surface area contributed by atoms with Crippen molar-refractivity contribution in [1.82, 2.24) is 9.88 Å². The number of rotatable bonds is 2. The van der Waals surface area contributed by atoms with Gasteiger partial charge in [0.2, 0.25) is 0 Å². The van der Waals surface area contributed by atoms with Crippen LogP contribution in [-0.4, -0.2) is 42.1 Å². The lowest BCUT2D eigenvalue weighted by molar-refractivity contribution is 0.175. The summed E-state index contributed by atoms with van der Waals surface area (Å²) in [6.07, 6.45) is 7.07. The number of piperidine rings is 1. The van der Waals surface area contributed by atoms with Gasteiger partial charge < -0.3 is 4.90 Å². The first-order valence-electron chi connectivity index (χ1n) is 7.22. The maximum absolute atomic E-state index is 8.92. The van der Waals surface area contributed by atoms with Crippen molar-refractivity contribution in [2.45, 2.75) is 31.7 Å². The lowest BCUT2D eigenvalue weighted by Gasteiger charge is -2.32. The highest BCUT2D eigenvalue weighted by Crippen LogP contribution is 2.25. The van der Waals surface area contributed by atoms with E-state index in [1.807, 2.05) is 12.1 Å². The molecule has 0 amide bonds. The number of hydrogen-bond donors (Lipinski definition) is 0. The molecule has 1 unspecified atom stereocenters. The molecule has 3 rings (SSSR count). The third-order valence-corrected chi connectivity index (χ3v) is 4.29. The molecule has 0 saturated carbocycles. The number of likely N-dealkylation sites (tertiary alicyclic amines) is 1. The van der Waals surface area contributed by atoms with Gasteiger partial charge in [-0.2, -0.15) is 5.26 Å². The van der Waals surface area contributed by atoms with Crippen molar-refractivity contribution in [2.24, 2.45) is 0 Å². The zero-order chi connectivity index (χ0) is 13.1. The van der Waals surface area contributed by atoms with Crippen molar-refractivity contribution in [3.05, 3.63) is 24.0 Å². The Morgan fingerprint density at radius 3 is 2.84 bits per heavy atom. The smallest absolute Gasteiger partial charge is 0.142 e. The fraction of sp³-hybridized carbons (Fsp3) is 0.600. The minimum Gasteiger partial charge on any atom is -0.370 e. The van der Waals surface area contributed by atoms with Gasteiger partial charge in [0, 0.05) is 31.0 Å². The van der Waals surface area contributed by atoms with Crippen molar-refractivity contribution < 1.29 is 0 Å². The zero-order valence-electron chi connectivity index (χ0n) is 11.3. The van der Waals surface area contributed by atoms with Crippen LogP contribution in [0.3, 0.4) is 0 Å². The van der Waals surface area contributed by atoms with Gasteiger partial charge in [0.05, 0.1) is 0 Å². The minimum atomic E-state index is 0.513. The third kappa shape index (κ3) is 2.71. The van der Waals surface area contributed by atoms with E-state index in [2.05, 4.69) is 20.9 Å². The first-order chi connectivity index (χ1) is 9.36. The summed E-state index contributed by atoms with van der Waals surface area (Å²) in [5, 5.41) is 8.92. The Hall–Kier alpha value is -1.60. The van der Waals surface area contributed by atoms with Crippen LogP contribution >= 0.6 is 0 Å².